The molecule has 2 bridgehead atoms. The van der Waals surface area contributed by atoms with Crippen LogP contribution in [0.1, 0.15) is 18.4 Å². The Labute approximate surface area is 133 Å². The normalized spacial score (nSPS) is 29.7. The number of rotatable bonds is 4. The summed E-state index contributed by atoms with van der Waals surface area (Å²) in [4.78, 5) is 26.0. The van der Waals surface area contributed by atoms with E-state index in [1.807, 2.05) is 4.90 Å². The highest BCUT2D eigenvalue weighted by atomic mass is 16.4. The Kier molecular flexibility index (Phi) is 4.09. The van der Waals surface area contributed by atoms with Gasteiger partial charge in [-0.15, -0.1) is 0 Å². The molecular weight excluding hydrogens is 298 g/mol. The minimum Gasteiger partial charge on any atom is -0.504 e. The van der Waals surface area contributed by atoms with Gasteiger partial charge in [-0.05, 0) is 55.6 Å². The number of carboxylic acids is 1. The van der Waals surface area contributed by atoms with Crippen molar-refractivity contribution in [2.24, 2.45) is 11.8 Å². The molecule has 1 aromatic rings. The zero-order valence-corrected chi connectivity index (χ0v) is 12.6. The van der Waals surface area contributed by atoms with Crippen molar-refractivity contribution < 1.29 is 24.9 Å². The zero-order valence-electron chi connectivity index (χ0n) is 12.6. The molecule has 0 aliphatic carbocycles. The topological polar surface area (TPSA) is 98.1 Å². The monoisotopic (exact) mass is 317 g/mol. The van der Waals surface area contributed by atoms with E-state index < -0.39 is 17.9 Å². The van der Waals surface area contributed by atoms with Gasteiger partial charge in [0.25, 0.3) is 0 Å². The number of carbonyl (C=O) groups excluding carboxylic acids is 1. The number of aromatic hydroxyl groups is 2. The minimum absolute atomic E-state index is 0.117. The van der Waals surface area contributed by atoms with Gasteiger partial charge < -0.3 is 15.3 Å². The number of nitrogens with zero attached hydrogens (tertiary/aromatic N) is 1. The van der Waals surface area contributed by atoms with Crippen LogP contribution in [0.4, 0.5) is 0 Å². The van der Waals surface area contributed by atoms with E-state index in [0.29, 0.717) is 5.56 Å². The van der Waals surface area contributed by atoms with Gasteiger partial charge in [-0.3, -0.25) is 14.5 Å². The second-order valence-corrected chi connectivity index (χ2v) is 6.17. The molecule has 2 atom stereocenters. The number of carboxylic acid groups (broad SMARTS) is 1. The molecule has 3 saturated heterocycles. The van der Waals surface area contributed by atoms with E-state index in [1.54, 1.807) is 6.07 Å². The molecule has 1 aromatic carbocycles. The third kappa shape index (κ3) is 2.94. The van der Waals surface area contributed by atoms with Crippen LogP contribution < -0.4 is 0 Å². The number of ketones is 1. The Morgan fingerprint density at radius 3 is 2.43 bits per heavy atom. The smallest absolute Gasteiger partial charge is 0.321 e. The maximum atomic E-state index is 12.5. The standard InChI is InChI=1S/C17H19NO5/c19-12-3-1-10(9-14(12)21)2-4-13(20)15-11-5-7-18(8-6-11)16(15)17(22)23/h1-4,9,11,15-16,19,21H,5-8H2,(H,22,23)/b4-2+. The van der Waals surface area contributed by atoms with Gasteiger partial charge in [0, 0.05) is 0 Å². The predicted molar refractivity (Wildman–Crippen MR) is 83.0 cm³/mol. The van der Waals surface area contributed by atoms with Crippen LogP contribution in [0.15, 0.2) is 24.3 Å². The van der Waals surface area contributed by atoms with Gasteiger partial charge in [-0.2, -0.15) is 0 Å². The van der Waals surface area contributed by atoms with Crippen LogP contribution in [0.3, 0.4) is 0 Å². The Bertz CT molecular complexity index is 661. The first-order chi connectivity index (χ1) is 11.0. The van der Waals surface area contributed by atoms with Gasteiger partial charge in [-0.1, -0.05) is 12.1 Å². The van der Waals surface area contributed by atoms with Crippen molar-refractivity contribution in [1.82, 2.24) is 4.90 Å². The number of fused-ring (bicyclic) bond motifs is 3. The number of aliphatic carboxylic acids is 1. The van der Waals surface area contributed by atoms with Crippen molar-refractivity contribution in [2.75, 3.05) is 13.1 Å². The number of allylic oxidation sites excluding steroid dienone is 1. The van der Waals surface area contributed by atoms with Gasteiger partial charge >= 0.3 is 5.97 Å². The molecule has 3 aliphatic heterocycles. The Balaban J connectivity index is 1.79. The summed E-state index contributed by atoms with van der Waals surface area (Å²) in [6.45, 7) is 1.47. The van der Waals surface area contributed by atoms with E-state index in [-0.39, 0.29) is 23.2 Å². The van der Waals surface area contributed by atoms with Crippen LogP contribution in [-0.4, -0.2) is 51.1 Å². The van der Waals surface area contributed by atoms with Crippen molar-refractivity contribution in [3.05, 3.63) is 29.8 Å². The van der Waals surface area contributed by atoms with Crippen molar-refractivity contribution in [3.63, 3.8) is 0 Å². The van der Waals surface area contributed by atoms with Gasteiger partial charge in [0.15, 0.2) is 17.3 Å². The molecule has 122 valence electrons. The Hall–Kier alpha value is -2.34. The lowest BCUT2D eigenvalue weighted by atomic mass is 9.71. The fraction of sp³-hybridized carbons (Fsp3) is 0.412. The molecule has 0 amide bonds. The molecule has 0 spiro atoms. The first-order valence-electron chi connectivity index (χ1n) is 7.68. The fourth-order valence-electron chi connectivity index (χ4n) is 3.67. The molecule has 3 fully saturated rings. The summed E-state index contributed by atoms with van der Waals surface area (Å²) < 4.78 is 0. The van der Waals surface area contributed by atoms with Crippen LogP contribution >= 0.6 is 0 Å². The lowest BCUT2D eigenvalue weighted by Gasteiger charge is -2.48. The summed E-state index contributed by atoms with van der Waals surface area (Å²) in [5, 5.41) is 28.2. The lowest BCUT2D eigenvalue weighted by Crippen LogP contribution is -2.60. The molecule has 3 heterocycles. The van der Waals surface area contributed by atoms with E-state index in [1.165, 1.54) is 24.3 Å². The number of hydrogen-bond donors (Lipinski definition) is 3. The SMILES string of the molecule is O=C(/C=C/c1ccc(O)c(O)c1)C1C2CCN(CC2)C1C(=O)O. The minimum atomic E-state index is -0.941. The third-order valence-electron chi connectivity index (χ3n) is 4.84. The van der Waals surface area contributed by atoms with E-state index in [4.69, 9.17) is 0 Å². The molecule has 6 nitrogen and oxygen atoms in total. The number of hydrogen-bond acceptors (Lipinski definition) is 5. The second kappa shape index (κ2) is 6.04. The highest BCUT2D eigenvalue weighted by Crippen LogP contribution is 2.38. The zero-order chi connectivity index (χ0) is 16.6. The lowest BCUT2D eigenvalue weighted by molar-refractivity contribution is -0.156. The van der Waals surface area contributed by atoms with E-state index >= 15 is 0 Å². The molecule has 2 unspecified atom stereocenters. The molecule has 6 heteroatoms. The van der Waals surface area contributed by atoms with E-state index in [2.05, 4.69) is 0 Å². The molecule has 0 radical (unpaired) electrons. The van der Waals surface area contributed by atoms with Gasteiger partial charge in [0.1, 0.15) is 6.04 Å². The summed E-state index contributed by atoms with van der Waals surface area (Å²) in [7, 11) is 0. The highest BCUT2D eigenvalue weighted by molar-refractivity contribution is 5.99. The third-order valence-corrected chi connectivity index (χ3v) is 4.84. The van der Waals surface area contributed by atoms with Crippen LogP contribution in [0, 0.1) is 11.8 Å². The molecule has 4 rings (SSSR count). The van der Waals surface area contributed by atoms with Crippen LogP contribution in [0.25, 0.3) is 6.08 Å². The van der Waals surface area contributed by atoms with Crippen LogP contribution in [-0.2, 0) is 9.59 Å². The van der Waals surface area contributed by atoms with Crippen LogP contribution in [0.5, 0.6) is 11.5 Å². The van der Waals surface area contributed by atoms with Gasteiger partial charge in [-0.25, -0.2) is 0 Å². The van der Waals surface area contributed by atoms with Crippen molar-refractivity contribution in [1.29, 1.82) is 0 Å². The summed E-state index contributed by atoms with van der Waals surface area (Å²) in [6, 6.07) is 3.52. The second-order valence-electron chi connectivity index (χ2n) is 6.17. The van der Waals surface area contributed by atoms with Crippen molar-refractivity contribution in [3.8, 4) is 11.5 Å². The average Bonchev–Trinajstić information content (AvgIpc) is 2.55. The number of piperidine rings is 3. The fourth-order valence-corrected chi connectivity index (χ4v) is 3.67. The van der Waals surface area contributed by atoms with Crippen molar-refractivity contribution in [2.45, 2.75) is 18.9 Å². The Morgan fingerprint density at radius 2 is 1.83 bits per heavy atom. The van der Waals surface area contributed by atoms with E-state index in [9.17, 15) is 24.9 Å². The van der Waals surface area contributed by atoms with E-state index in [0.717, 1.165) is 25.9 Å². The maximum Gasteiger partial charge on any atom is 0.321 e. The summed E-state index contributed by atoms with van der Waals surface area (Å²) in [5.74, 6) is -2.02. The number of phenolic OH excluding ortho intramolecular Hbond substituents is 2. The number of carbonyl (C=O) groups is 2. The first-order valence-corrected chi connectivity index (χ1v) is 7.68. The maximum absolute atomic E-state index is 12.5. The summed E-state index contributed by atoms with van der Waals surface area (Å²) in [5.41, 5.74) is 0.571. The van der Waals surface area contributed by atoms with Gasteiger partial charge in [0.2, 0.25) is 0 Å². The molecule has 0 aromatic heterocycles. The largest absolute Gasteiger partial charge is 0.504 e. The van der Waals surface area contributed by atoms with Gasteiger partial charge in [0.05, 0.1) is 5.92 Å². The number of benzene rings is 1. The molecule has 3 N–H and O–H groups in total. The van der Waals surface area contributed by atoms with Crippen LogP contribution in [0.2, 0.25) is 0 Å². The Morgan fingerprint density at radius 1 is 1.13 bits per heavy atom. The first kappa shape index (κ1) is 15.6. The highest BCUT2D eigenvalue weighted by Gasteiger charge is 2.48. The molecule has 0 saturated carbocycles. The number of phenols is 2. The predicted octanol–water partition coefficient (Wildman–Crippen LogP) is 1.48. The molecule has 3 aliphatic rings. The average molecular weight is 317 g/mol. The summed E-state index contributed by atoms with van der Waals surface area (Å²) in [6.07, 6.45) is 4.63. The van der Waals surface area contributed by atoms with Crippen molar-refractivity contribution >= 4 is 17.8 Å². The summed E-state index contributed by atoms with van der Waals surface area (Å²) >= 11 is 0. The molecular formula is C17H19NO5. The quantitative estimate of drug-likeness (QED) is 0.575. The molecule has 23 heavy (non-hydrogen) atoms.